The van der Waals surface area contributed by atoms with Gasteiger partial charge in [-0.1, -0.05) is 11.6 Å². The lowest BCUT2D eigenvalue weighted by atomic mass is 10.4. The highest BCUT2D eigenvalue weighted by atomic mass is 35.5. The van der Waals surface area contributed by atoms with Gasteiger partial charge in [0.05, 0.1) is 11.9 Å². The van der Waals surface area contributed by atoms with E-state index in [0.29, 0.717) is 11.1 Å². The van der Waals surface area contributed by atoms with Crippen LogP contribution < -0.4 is 5.32 Å². The summed E-state index contributed by atoms with van der Waals surface area (Å²) in [4.78, 5) is 8.24. The second-order valence-electron chi connectivity index (χ2n) is 3.18. The molecule has 0 saturated heterocycles. The van der Waals surface area contributed by atoms with Crippen molar-refractivity contribution in [2.75, 3.05) is 5.32 Å². The van der Waals surface area contributed by atoms with E-state index in [1.54, 1.807) is 16.9 Å². The Morgan fingerprint density at radius 1 is 1.40 bits per heavy atom. The minimum atomic E-state index is 0.425. The highest BCUT2D eigenvalue weighted by molar-refractivity contribution is 6.29. The summed E-state index contributed by atoms with van der Waals surface area (Å²) in [6.07, 6.45) is 3.53. The summed E-state index contributed by atoms with van der Waals surface area (Å²) >= 11 is 5.81. The first-order valence-electron chi connectivity index (χ1n) is 4.40. The molecule has 78 valence electrons. The van der Waals surface area contributed by atoms with Crippen LogP contribution in [-0.4, -0.2) is 19.7 Å². The monoisotopic (exact) mass is 223 g/mol. The van der Waals surface area contributed by atoms with Crippen molar-refractivity contribution < 1.29 is 0 Å². The molecule has 6 heteroatoms. The maximum absolute atomic E-state index is 5.81. The van der Waals surface area contributed by atoms with Crippen LogP contribution in [-0.2, 0) is 7.05 Å². The van der Waals surface area contributed by atoms with Crippen LogP contribution in [0.1, 0.15) is 5.69 Å². The topological polar surface area (TPSA) is 55.6 Å². The molecule has 0 saturated carbocycles. The first kappa shape index (κ1) is 9.92. The van der Waals surface area contributed by atoms with E-state index in [4.69, 9.17) is 11.6 Å². The molecule has 1 N–H and O–H groups in total. The van der Waals surface area contributed by atoms with Crippen molar-refractivity contribution in [1.29, 1.82) is 0 Å². The molecule has 2 aromatic heterocycles. The van der Waals surface area contributed by atoms with Crippen LogP contribution in [0.25, 0.3) is 0 Å². The minimum Gasteiger partial charge on any atom is -0.321 e. The second-order valence-corrected chi connectivity index (χ2v) is 3.57. The fourth-order valence-electron chi connectivity index (χ4n) is 1.20. The van der Waals surface area contributed by atoms with Gasteiger partial charge in [-0.15, -0.1) is 0 Å². The smallest absolute Gasteiger partial charge is 0.228 e. The Hall–Kier alpha value is -1.62. The number of anilines is 2. The molecule has 0 unspecified atom stereocenters. The van der Waals surface area contributed by atoms with Crippen LogP contribution in [0.3, 0.4) is 0 Å². The van der Waals surface area contributed by atoms with Crippen molar-refractivity contribution in [3.05, 3.63) is 29.3 Å². The van der Waals surface area contributed by atoms with Crippen molar-refractivity contribution >= 4 is 23.2 Å². The number of aromatic nitrogens is 4. The maximum Gasteiger partial charge on any atom is 0.228 e. The van der Waals surface area contributed by atoms with Gasteiger partial charge in [-0.2, -0.15) is 5.10 Å². The summed E-state index contributed by atoms with van der Waals surface area (Å²) in [5, 5.41) is 7.46. The van der Waals surface area contributed by atoms with E-state index in [1.807, 2.05) is 20.2 Å². The zero-order valence-electron chi connectivity index (χ0n) is 8.40. The fourth-order valence-corrected chi connectivity index (χ4v) is 1.44. The van der Waals surface area contributed by atoms with E-state index in [2.05, 4.69) is 20.4 Å². The predicted octanol–water partition coefficient (Wildman–Crippen LogP) is 1.92. The van der Waals surface area contributed by atoms with Crippen LogP contribution >= 0.6 is 11.6 Å². The van der Waals surface area contributed by atoms with Gasteiger partial charge in [0, 0.05) is 18.9 Å². The highest BCUT2D eigenvalue weighted by Crippen LogP contribution is 2.14. The van der Waals surface area contributed by atoms with Gasteiger partial charge in [0.1, 0.15) is 5.15 Å². The molecule has 0 aliphatic heterocycles. The summed E-state index contributed by atoms with van der Waals surface area (Å²) < 4.78 is 1.69. The van der Waals surface area contributed by atoms with Gasteiger partial charge < -0.3 is 5.32 Å². The lowest BCUT2D eigenvalue weighted by Crippen LogP contribution is -1.97. The van der Waals surface area contributed by atoms with Crippen LogP contribution in [0.5, 0.6) is 0 Å². The van der Waals surface area contributed by atoms with E-state index >= 15 is 0 Å². The number of rotatable bonds is 2. The van der Waals surface area contributed by atoms with E-state index in [9.17, 15) is 0 Å². The first-order chi connectivity index (χ1) is 7.13. The number of hydrogen-bond donors (Lipinski definition) is 1. The minimum absolute atomic E-state index is 0.425. The molecule has 0 atom stereocenters. The average Bonchev–Trinajstić information content (AvgIpc) is 2.49. The van der Waals surface area contributed by atoms with E-state index in [0.717, 1.165) is 11.4 Å². The molecule has 15 heavy (non-hydrogen) atoms. The molecule has 0 spiro atoms. The van der Waals surface area contributed by atoms with Gasteiger partial charge in [0.2, 0.25) is 5.95 Å². The molecule has 0 bridgehead atoms. The lowest BCUT2D eigenvalue weighted by molar-refractivity contribution is 0.768. The molecule has 2 rings (SSSR count). The van der Waals surface area contributed by atoms with Crippen molar-refractivity contribution in [2.24, 2.45) is 7.05 Å². The Labute approximate surface area is 92.1 Å². The summed E-state index contributed by atoms with van der Waals surface area (Å²) in [5.74, 6) is 0.480. The molecule has 0 radical (unpaired) electrons. The van der Waals surface area contributed by atoms with Gasteiger partial charge >= 0.3 is 0 Å². The van der Waals surface area contributed by atoms with E-state index < -0.39 is 0 Å². The number of halogens is 1. The molecule has 2 aromatic rings. The van der Waals surface area contributed by atoms with Crippen molar-refractivity contribution in [3.8, 4) is 0 Å². The highest BCUT2D eigenvalue weighted by Gasteiger charge is 2.02. The predicted molar refractivity (Wildman–Crippen MR) is 58.3 cm³/mol. The van der Waals surface area contributed by atoms with Crippen molar-refractivity contribution in [1.82, 2.24) is 19.7 Å². The van der Waals surface area contributed by atoms with E-state index in [-0.39, 0.29) is 0 Å². The standard InChI is InChI=1S/C9H10ClN5/c1-6-3-8(10)14-9(12-6)13-7-4-11-15(2)5-7/h3-5H,1-2H3,(H,12,13,14). The normalized spacial score (nSPS) is 10.3. The first-order valence-corrected chi connectivity index (χ1v) is 4.78. The molecular formula is C9H10ClN5. The third-order valence-corrected chi connectivity index (χ3v) is 1.98. The Kier molecular flexibility index (Phi) is 2.55. The molecule has 0 aliphatic carbocycles. The van der Waals surface area contributed by atoms with E-state index in [1.165, 1.54) is 0 Å². The average molecular weight is 224 g/mol. The molecular weight excluding hydrogens is 214 g/mol. The SMILES string of the molecule is Cc1cc(Cl)nc(Nc2cnn(C)c2)n1. The van der Waals surface area contributed by atoms with Crippen LogP contribution in [0.2, 0.25) is 5.15 Å². The van der Waals surface area contributed by atoms with Gasteiger partial charge in [-0.05, 0) is 13.0 Å². The van der Waals surface area contributed by atoms with Gasteiger partial charge in [0.25, 0.3) is 0 Å². The summed E-state index contributed by atoms with van der Waals surface area (Å²) in [7, 11) is 1.84. The Balaban J connectivity index is 2.24. The second kappa shape index (κ2) is 3.86. The Morgan fingerprint density at radius 2 is 2.20 bits per heavy atom. The molecule has 0 amide bonds. The van der Waals surface area contributed by atoms with Crippen LogP contribution in [0.4, 0.5) is 11.6 Å². The zero-order valence-corrected chi connectivity index (χ0v) is 9.15. The fraction of sp³-hybridized carbons (Fsp3) is 0.222. The van der Waals surface area contributed by atoms with Gasteiger partial charge in [-0.3, -0.25) is 4.68 Å². The largest absolute Gasteiger partial charge is 0.321 e. The zero-order chi connectivity index (χ0) is 10.8. The number of nitrogens with one attached hydrogen (secondary N) is 1. The third-order valence-electron chi connectivity index (χ3n) is 1.78. The van der Waals surface area contributed by atoms with Crippen molar-refractivity contribution in [2.45, 2.75) is 6.92 Å². The van der Waals surface area contributed by atoms with Gasteiger partial charge in [0.15, 0.2) is 0 Å². The van der Waals surface area contributed by atoms with Crippen LogP contribution in [0.15, 0.2) is 18.5 Å². The molecule has 0 fully saturated rings. The quantitative estimate of drug-likeness (QED) is 0.791. The van der Waals surface area contributed by atoms with Crippen LogP contribution in [0, 0.1) is 6.92 Å². The molecule has 0 aromatic carbocycles. The van der Waals surface area contributed by atoms with Crippen molar-refractivity contribution in [3.63, 3.8) is 0 Å². The number of hydrogen-bond acceptors (Lipinski definition) is 4. The van der Waals surface area contributed by atoms with Gasteiger partial charge in [-0.25, -0.2) is 9.97 Å². The Bertz CT molecular complexity index is 459. The third kappa shape index (κ3) is 2.44. The number of nitrogens with zero attached hydrogens (tertiary/aromatic N) is 4. The molecule has 0 aliphatic rings. The molecule has 5 nitrogen and oxygen atoms in total. The summed E-state index contributed by atoms with van der Waals surface area (Å²) in [6.45, 7) is 1.86. The summed E-state index contributed by atoms with van der Waals surface area (Å²) in [6, 6.07) is 1.70. The summed E-state index contributed by atoms with van der Waals surface area (Å²) in [5.41, 5.74) is 1.65. The maximum atomic E-state index is 5.81. The Morgan fingerprint density at radius 3 is 2.80 bits per heavy atom. The number of aryl methyl sites for hydroxylation is 2. The molecule has 2 heterocycles. The lowest BCUT2D eigenvalue weighted by Gasteiger charge is -2.02.